The van der Waals surface area contributed by atoms with Gasteiger partial charge >= 0.3 is 5.97 Å². The molecule has 148 valence electrons. The Morgan fingerprint density at radius 2 is 1.86 bits per heavy atom. The summed E-state index contributed by atoms with van der Waals surface area (Å²) in [5, 5.41) is 13.3. The van der Waals surface area contributed by atoms with Gasteiger partial charge in [-0.2, -0.15) is 0 Å². The Kier molecular flexibility index (Phi) is 7.82. The maximum atomic E-state index is 12.3. The average molecular weight is 404 g/mol. The van der Waals surface area contributed by atoms with Gasteiger partial charge < -0.3 is 14.8 Å². The second-order valence-corrected chi connectivity index (χ2v) is 6.64. The van der Waals surface area contributed by atoms with Crippen molar-refractivity contribution < 1.29 is 24.0 Å². The highest BCUT2D eigenvalue weighted by molar-refractivity contribution is 8.00. The molecule has 0 fully saturated rings. The zero-order valence-electron chi connectivity index (χ0n) is 15.4. The molecular formula is C19H20N2O6S. The standard InChI is InChI=1S/C19H20N2O6S/c1-3-26-17-7-5-4-6-16(17)20-19(23)13(2)27-18(22)12-28-15-10-8-14(9-11-15)21(24)25/h4-11,13H,3,12H2,1-2H3,(H,20,23)/t13-/m1/s1. The Morgan fingerprint density at radius 1 is 1.18 bits per heavy atom. The third-order valence-corrected chi connectivity index (χ3v) is 4.51. The Hall–Kier alpha value is -3.07. The molecule has 1 amide bonds. The van der Waals surface area contributed by atoms with E-state index in [4.69, 9.17) is 9.47 Å². The van der Waals surface area contributed by atoms with Gasteiger partial charge in [0.25, 0.3) is 11.6 Å². The number of rotatable bonds is 9. The van der Waals surface area contributed by atoms with E-state index in [0.29, 0.717) is 22.9 Å². The van der Waals surface area contributed by atoms with Crippen molar-refractivity contribution in [1.29, 1.82) is 0 Å². The first-order valence-corrected chi connectivity index (χ1v) is 9.48. The summed E-state index contributed by atoms with van der Waals surface area (Å²) in [6, 6.07) is 12.8. The number of amides is 1. The van der Waals surface area contributed by atoms with E-state index in [-0.39, 0.29) is 11.4 Å². The Labute approximate surface area is 166 Å². The SMILES string of the molecule is CCOc1ccccc1NC(=O)[C@@H](C)OC(=O)CSc1ccc([N+](=O)[O-])cc1. The van der Waals surface area contributed by atoms with Crippen molar-refractivity contribution in [2.24, 2.45) is 0 Å². The van der Waals surface area contributed by atoms with Crippen LogP contribution in [0.4, 0.5) is 11.4 Å². The van der Waals surface area contributed by atoms with E-state index < -0.39 is 22.9 Å². The molecule has 0 aliphatic heterocycles. The second kappa shape index (κ2) is 10.3. The molecule has 0 aliphatic carbocycles. The van der Waals surface area contributed by atoms with Crippen LogP contribution in [0.2, 0.25) is 0 Å². The van der Waals surface area contributed by atoms with Gasteiger partial charge in [0.1, 0.15) is 5.75 Å². The molecule has 2 aromatic rings. The zero-order valence-corrected chi connectivity index (χ0v) is 16.2. The van der Waals surface area contributed by atoms with Gasteiger partial charge in [-0.25, -0.2) is 0 Å². The van der Waals surface area contributed by atoms with Crippen LogP contribution in [-0.4, -0.2) is 35.3 Å². The number of thioether (sulfide) groups is 1. The first-order chi connectivity index (χ1) is 13.4. The van der Waals surface area contributed by atoms with Crippen LogP contribution >= 0.6 is 11.8 Å². The number of non-ortho nitro benzene ring substituents is 1. The molecule has 2 aromatic carbocycles. The molecule has 0 saturated carbocycles. The van der Waals surface area contributed by atoms with Gasteiger partial charge in [-0.1, -0.05) is 12.1 Å². The third kappa shape index (κ3) is 6.27. The first kappa shape index (κ1) is 21.2. The molecule has 0 radical (unpaired) electrons. The lowest BCUT2D eigenvalue weighted by Crippen LogP contribution is -2.30. The summed E-state index contributed by atoms with van der Waals surface area (Å²) in [6.45, 7) is 3.77. The van der Waals surface area contributed by atoms with Gasteiger partial charge in [-0.3, -0.25) is 19.7 Å². The minimum Gasteiger partial charge on any atom is -0.492 e. The maximum absolute atomic E-state index is 12.3. The molecule has 1 N–H and O–H groups in total. The molecule has 0 heterocycles. The largest absolute Gasteiger partial charge is 0.492 e. The number of esters is 1. The van der Waals surface area contributed by atoms with Gasteiger partial charge in [0, 0.05) is 17.0 Å². The predicted molar refractivity (Wildman–Crippen MR) is 106 cm³/mol. The monoisotopic (exact) mass is 404 g/mol. The van der Waals surface area contributed by atoms with Crippen LogP contribution in [0.1, 0.15) is 13.8 Å². The maximum Gasteiger partial charge on any atom is 0.317 e. The number of nitro groups is 1. The molecular weight excluding hydrogens is 384 g/mol. The van der Waals surface area contributed by atoms with Gasteiger partial charge in [0.2, 0.25) is 0 Å². The molecule has 0 saturated heterocycles. The number of anilines is 1. The third-order valence-electron chi connectivity index (χ3n) is 3.53. The minimum atomic E-state index is -0.986. The molecule has 0 bridgehead atoms. The lowest BCUT2D eigenvalue weighted by Gasteiger charge is -2.15. The second-order valence-electron chi connectivity index (χ2n) is 5.59. The van der Waals surface area contributed by atoms with Crippen LogP contribution in [0.3, 0.4) is 0 Å². The number of benzene rings is 2. The summed E-state index contributed by atoms with van der Waals surface area (Å²) in [6.07, 6.45) is -0.986. The number of para-hydroxylation sites is 2. The highest BCUT2D eigenvalue weighted by Gasteiger charge is 2.19. The van der Waals surface area contributed by atoms with Crippen molar-refractivity contribution in [2.75, 3.05) is 17.7 Å². The lowest BCUT2D eigenvalue weighted by atomic mass is 10.2. The van der Waals surface area contributed by atoms with E-state index in [0.717, 1.165) is 0 Å². The predicted octanol–water partition coefficient (Wildman–Crippen LogP) is 3.66. The molecule has 0 aliphatic rings. The van der Waals surface area contributed by atoms with E-state index >= 15 is 0 Å². The summed E-state index contributed by atoms with van der Waals surface area (Å²) < 4.78 is 10.6. The normalized spacial score (nSPS) is 11.4. The minimum absolute atomic E-state index is 0.0229. The van der Waals surface area contributed by atoms with E-state index in [2.05, 4.69) is 5.32 Å². The van der Waals surface area contributed by atoms with Crippen molar-refractivity contribution in [3.63, 3.8) is 0 Å². The van der Waals surface area contributed by atoms with Gasteiger partial charge in [-0.05, 0) is 38.1 Å². The highest BCUT2D eigenvalue weighted by atomic mass is 32.2. The van der Waals surface area contributed by atoms with E-state index in [1.165, 1.54) is 30.8 Å². The fraction of sp³-hybridized carbons (Fsp3) is 0.263. The number of nitro benzene ring substituents is 1. The molecule has 0 unspecified atom stereocenters. The van der Waals surface area contributed by atoms with Crippen LogP contribution in [0.15, 0.2) is 53.4 Å². The Morgan fingerprint density at radius 3 is 2.50 bits per heavy atom. The molecule has 1 atom stereocenters. The number of nitrogens with zero attached hydrogens (tertiary/aromatic N) is 1. The number of hydrogen-bond acceptors (Lipinski definition) is 7. The summed E-state index contributed by atoms with van der Waals surface area (Å²) in [5.41, 5.74) is 0.474. The topological polar surface area (TPSA) is 108 Å². The number of ether oxygens (including phenoxy) is 2. The van der Waals surface area contributed by atoms with Crippen molar-refractivity contribution in [3.8, 4) is 5.75 Å². The lowest BCUT2D eigenvalue weighted by molar-refractivity contribution is -0.384. The zero-order chi connectivity index (χ0) is 20.5. The van der Waals surface area contributed by atoms with Crippen LogP contribution in [0.25, 0.3) is 0 Å². The molecule has 0 aromatic heterocycles. The molecule has 8 nitrogen and oxygen atoms in total. The Balaban J connectivity index is 1.84. The number of carbonyl (C=O) groups excluding carboxylic acids is 2. The van der Waals surface area contributed by atoms with Crippen LogP contribution in [0.5, 0.6) is 5.75 Å². The van der Waals surface area contributed by atoms with Gasteiger partial charge in [-0.15, -0.1) is 11.8 Å². The van der Waals surface area contributed by atoms with E-state index in [1.54, 1.807) is 36.4 Å². The van der Waals surface area contributed by atoms with Crippen LogP contribution in [-0.2, 0) is 14.3 Å². The van der Waals surface area contributed by atoms with Crippen LogP contribution < -0.4 is 10.1 Å². The summed E-state index contributed by atoms with van der Waals surface area (Å²) >= 11 is 1.17. The van der Waals surface area contributed by atoms with Crippen molar-refractivity contribution in [1.82, 2.24) is 0 Å². The number of hydrogen-bond donors (Lipinski definition) is 1. The summed E-state index contributed by atoms with van der Waals surface area (Å²) in [5.74, 6) is -0.527. The quantitative estimate of drug-likeness (QED) is 0.294. The molecule has 2 rings (SSSR count). The van der Waals surface area contributed by atoms with Crippen molar-refractivity contribution in [2.45, 2.75) is 24.8 Å². The van der Waals surface area contributed by atoms with Gasteiger partial charge in [0.15, 0.2) is 6.10 Å². The van der Waals surface area contributed by atoms with Gasteiger partial charge in [0.05, 0.1) is 23.0 Å². The molecule has 28 heavy (non-hydrogen) atoms. The molecule has 0 spiro atoms. The fourth-order valence-corrected chi connectivity index (χ4v) is 2.86. The smallest absolute Gasteiger partial charge is 0.317 e. The number of nitrogens with one attached hydrogen (secondary N) is 1. The van der Waals surface area contributed by atoms with Crippen molar-refractivity contribution >= 4 is 35.0 Å². The van der Waals surface area contributed by atoms with E-state index in [9.17, 15) is 19.7 Å². The number of carbonyl (C=O) groups is 2. The highest BCUT2D eigenvalue weighted by Crippen LogP contribution is 2.24. The first-order valence-electron chi connectivity index (χ1n) is 8.50. The van der Waals surface area contributed by atoms with Crippen molar-refractivity contribution in [3.05, 3.63) is 58.6 Å². The molecule has 9 heteroatoms. The Bertz CT molecular complexity index is 841. The van der Waals surface area contributed by atoms with E-state index in [1.807, 2.05) is 6.92 Å². The van der Waals surface area contributed by atoms with Crippen LogP contribution in [0, 0.1) is 10.1 Å². The summed E-state index contributed by atoms with van der Waals surface area (Å²) in [4.78, 5) is 35.1. The fourth-order valence-electron chi connectivity index (χ4n) is 2.18. The average Bonchev–Trinajstić information content (AvgIpc) is 2.68. The summed E-state index contributed by atoms with van der Waals surface area (Å²) in [7, 11) is 0.